The van der Waals surface area contributed by atoms with Crippen molar-refractivity contribution >= 4 is 33.2 Å². The SMILES string of the molecule is CCS(=O)(=O)N1CCC[C@@H](C(=O)Nc2ccc(F)c(Cl)c2)C1. The Bertz CT molecular complexity index is 666. The van der Waals surface area contributed by atoms with E-state index in [2.05, 4.69) is 5.32 Å². The molecule has 1 fully saturated rings. The molecule has 0 unspecified atom stereocenters. The molecular weight excluding hydrogens is 331 g/mol. The number of piperidine rings is 1. The van der Waals surface area contributed by atoms with Gasteiger partial charge in [-0.05, 0) is 38.0 Å². The summed E-state index contributed by atoms with van der Waals surface area (Å²) in [6.45, 7) is 2.21. The highest BCUT2D eigenvalue weighted by molar-refractivity contribution is 7.89. The molecule has 1 amide bonds. The molecule has 1 aliphatic rings. The third-order valence-electron chi connectivity index (χ3n) is 3.70. The third-order valence-corrected chi connectivity index (χ3v) is 5.84. The fourth-order valence-corrected chi connectivity index (χ4v) is 3.77. The number of carbonyl (C=O) groups is 1. The first-order chi connectivity index (χ1) is 10.3. The van der Waals surface area contributed by atoms with Gasteiger partial charge in [0, 0.05) is 18.8 Å². The Labute approximate surface area is 134 Å². The van der Waals surface area contributed by atoms with Crippen LogP contribution in [0.25, 0.3) is 0 Å². The Morgan fingerprint density at radius 2 is 2.23 bits per heavy atom. The number of benzene rings is 1. The molecule has 0 bridgehead atoms. The van der Waals surface area contributed by atoms with Gasteiger partial charge in [-0.25, -0.2) is 17.1 Å². The quantitative estimate of drug-likeness (QED) is 0.909. The first kappa shape index (κ1) is 17.2. The van der Waals surface area contributed by atoms with Crippen molar-refractivity contribution in [3.63, 3.8) is 0 Å². The minimum atomic E-state index is -3.29. The topological polar surface area (TPSA) is 66.5 Å². The Morgan fingerprint density at radius 3 is 2.86 bits per heavy atom. The van der Waals surface area contributed by atoms with Gasteiger partial charge in [0.25, 0.3) is 0 Å². The van der Waals surface area contributed by atoms with Crippen LogP contribution < -0.4 is 5.32 Å². The molecular formula is C14H18ClFN2O3S. The molecule has 22 heavy (non-hydrogen) atoms. The lowest BCUT2D eigenvalue weighted by atomic mass is 9.99. The van der Waals surface area contributed by atoms with Crippen LogP contribution in [0.5, 0.6) is 0 Å². The summed E-state index contributed by atoms with van der Waals surface area (Å²) in [5, 5.41) is 2.59. The monoisotopic (exact) mass is 348 g/mol. The van der Waals surface area contributed by atoms with Crippen molar-refractivity contribution in [1.29, 1.82) is 0 Å². The van der Waals surface area contributed by atoms with E-state index in [4.69, 9.17) is 11.6 Å². The maximum absolute atomic E-state index is 13.1. The van der Waals surface area contributed by atoms with E-state index in [1.54, 1.807) is 6.92 Å². The second-order valence-electron chi connectivity index (χ2n) is 5.22. The van der Waals surface area contributed by atoms with E-state index in [-0.39, 0.29) is 23.2 Å². The average molecular weight is 349 g/mol. The van der Waals surface area contributed by atoms with Gasteiger partial charge in [-0.15, -0.1) is 0 Å². The van der Waals surface area contributed by atoms with E-state index in [0.717, 1.165) is 0 Å². The van der Waals surface area contributed by atoms with Gasteiger partial charge in [-0.3, -0.25) is 4.79 Å². The molecule has 2 rings (SSSR count). The predicted molar refractivity (Wildman–Crippen MR) is 83.8 cm³/mol. The summed E-state index contributed by atoms with van der Waals surface area (Å²) >= 11 is 5.67. The maximum Gasteiger partial charge on any atom is 0.228 e. The van der Waals surface area contributed by atoms with Gasteiger partial charge in [0.05, 0.1) is 16.7 Å². The molecule has 122 valence electrons. The zero-order chi connectivity index (χ0) is 16.3. The van der Waals surface area contributed by atoms with E-state index in [1.807, 2.05) is 0 Å². The Hall–Kier alpha value is -1.18. The van der Waals surface area contributed by atoms with E-state index >= 15 is 0 Å². The van der Waals surface area contributed by atoms with Crippen molar-refractivity contribution < 1.29 is 17.6 Å². The van der Waals surface area contributed by atoms with Crippen LogP contribution in [0.4, 0.5) is 10.1 Å². The molecule has 0 radical (unpaired) electrons. The van der Waals surface area contributed by atoms with Crippen molar-refractivity contribution in [3.8, 4) is 0 Å². The number of nitrogens with zero attached hydrogens (tertiary/aromatic N) is 1. The summed E-state index contributed by atoms with van der Waals surface area (Å²) in [6, 6.07) is 3.92. The number of anilines is 1. The van der Waals surface area contributed by atoms with Gasteiger partial charge in [0.15, 0.2) is 0 Å². The highest BCUT2D eigenvalue weighted by Gasteiger charge is 2.31. The highest BCUT2D eigenvalue weighted by Crippen LogP contribution is 2.23. The van der Waals surface area contributed by atoms with Gasteiger partial charge in [-0.2, -0.15) is 0 Å². The molecule has 1 N–H and O–H groups in total. The van der Waals surface area contributed by atoms with Crippen LogP contribution in [0.2, 0.25) is 5.02 Å². The van der Waals surface area contributed by atoms with Crippen LogP contribution in [0.15, 0.2) is 18.2 Å². The summed E-state index contributed by atoms with van der Waals surface area (Å²) in [5.41, 5.74) is 0.395. The van der Waals surface area contributed by atoms with Crippen LogP contribution in [-0.4, -0.2) is 37.5 Å². The number of hydrogen-bond acceptors (Lipinski definition) is 3. The molecule has 1 aromatic carbocycles. The smallest absolute Gasteiger partial charge is 0.228 e. The van der Waals surface area contributed by atoms with Crippen molar-refractivity contribution in [2.75, 3.05) is 24.2 Å². The number of rotatable bonds is 4. The van der Waals surface area contributed by atoms with E-state index in [1.165, 1.54) is 22.5 Å². The normalized spacial score (nSPS) is 19.9. The number of hydrogen-bond donors (Lipinski definition) is 1. The Kier molecular flexibility index (Phi) is 5.41. The van der Waals surface area contributed by atoms with Crippen LogP contribution in [0, 0.1) is 11.7 Å². The van der Waals surface area contributed by atoms with Crippen molar-refractivity contribution in [1.82, 2.24) is 4.31 Å². The zero-order valence-electron chi connectivity index (χ0n) is 12.2. The van der Waals surface area contributed by atoms with Gasteiger partial charge in [-0.1, -0.05) is 11.6 Å². The number of halogens is 2. The standard InChI is InChI=1S/C14H18ClFN2O3S/c1-2-22(20,21)18-7-3-4-10(9-18)14(19)17-11-5-6-13(16)12(15)8-11/h5-6,8,10H,2-4,7,9H2,1H3,(H,17,19)/t10-/m1/s1. The molecule has 5 nitrogen and oxygen atoms in total. The minimum Gasteiger partial charge on any atom is -0.326 e. The molecule has 1 aromatic rings. The zero-order valence-corrected chi connectivity index (χ0v) is 13.8. The first-order valence-electron chi connectivity index (χ1n) is 7.07. The van der Waals surface area contributed by atoms with Crippen molar-refractivity contribution in [2.45, 2.75) is 19.8 Å². The summed E-state index contributed by atoms with van der Waals surface area (Å²) in [7, 11) is -3.29. The summed E-state index contributed by atoms with van der Waals surface area (Å²) in [5.74, 6) is -1.23. The van der Waals surface area contributed by atoms with Crippen LogP contribution in [0.1, 0.15) is 19.8 Å². The lowest BCUT2D eigenvalue weighted by Crippen LogP contribution is -2.44. The average Bonchev–Trinajstić information content (AvgIpc) is 2.51. The van der Waals surface area contributed by atoms with Crippen LogP contribution >= 0.6 is 11.6 Å². The van der Waals surface area contributed by atoms with E-state index in [9.17, 15) is 17.6 Å². The Morgan fingerprint density at radius 1 is 1.50 bits per heavy atom. The summed E-state index contributed by atoms with van der Waals surface area (Å²) in [4.78, 5) is 12.3. The summed E-state index contributed by atoms with van der Waals surface area (Å²) in [6.07, 6.45) is 1.26. The first-order valence-corrected chi connectivity index (χ1v) is 9.06. The lowest BCUT2D eigenvalue weighted by Gasteiger charge is -2.30. The van der Waals surface area contributed by atoms with Crippen molar-refractivity contribution in [2.24, 2.45) is 5.92 Å². The molecule has 0 saturated carbocycles. The second kappa shape index (κ2) is 6.93. The molecule has 1 saturated heterocycles. The number of amides is 1. The van der Waals surface area contributed by atoms with E-state index in [0.29, 0.717) is 25.1 Å². The van der Waals surface area contributed by atoms with Gasteiger partial charge in [0.1, 0.15) is 5.82 Å². The maximum atomic E-state index is 13.1. The van der Waals surface area contributed by atoms with Gasteiger partial charge >= 0.3 is 0 Å². The molecule has 1 aliphatic heterocycles. The molecule has 1 heterocycles. The predicted octanol–water partition coefficient (Wildman–Crippen LogP) is 2.48. The lowest BCUT2D eigenvalue weighted by molar-refractivity contribution is -0.120. The molecule has 1 atom stereocenters. The highest BCUT2D eigenvalue weighted by atomic mass is 35.5. The third kappa shape index (κ3) is 3.97. The molecule has 0 spiro atoms. The Balaban J connectivity index is 2.04. The molecule has 0 aliphatic carbocycles. The van der Waals surface area contributed by atoms with Crippen LogP contribution in [0.3, 0.4) is 0 Å². The fraction of sp³-hybridized carbons (Fsp3) is 0.500. The number of nitrogens with one attached hydrogen (secondary N) is 1. The number of carbonyl (C=O) groups excluding carboxylic acids is 1. The molecule has 0 aromatic heterocycles. The molecule has 8 heteroatoms. The van der Waals surface area contributed by atoms with Crippen LogP contribution in [-0.2, 0) is 14.8 Å². The summed E-state index contributed by atoms with van der Waals surface area (Å²) < 4.78 is 38.2. The minimum absolute atomic E-state index is 0.0227. The largest absolute Gasteiger partial charge is 0.326 e. The van der Waals surface area contributed by atoms with Gasteiger partial charge < -0.3 is 5.32 Å². The number of sulfonamides is 1. The van der Waals surface area contributed by atoms with E-state index < -0.39 is 21.8 Å². The second-order valence-corrected chi connectivity index (χ2v) is 7.88. The van der Waals surface area contributed by atoms with Gasteiger partial charge in [0.2, 0.25) is 15.9 Å². The van der Waals surface area contributed by atoms with Crippen molar-refractivity contribution in [3.05, 3.63) is 29.0 Å². The fourth-order valence-electron chi connectivity index (χ4n) is 2.41.